The maximum Gasteiger partial charge on any atom is 0.342 e. The third kappa shape index (κ3) is 3.91. The Balaban J connectivity index is 1.63. The van der Waals surface area contributed by atoms with Gasteiger partial charge < -0.3 is 4.74 Å². The van der Waals surface area contributed by atoms with Crippen LogP contribution in [0.15, 0.2) is 41.5 Å². The molecule has 0 atom stereocenters. The highest BCUT2D eigenvalue weighted by Gasteiger charge is 2.24. The van der Waals surface area contributed by atoms with E-state index in [1.54, 1.807) is 19.9 Å². The van der Waals surface area contributed by atoms with Crippen LogP contribution in [-0.4, -0.2) is 40.7 Å². The van der Waals surface area contributed by atoms with Gasteiger partial charge in [0.2, 0.25) is 0 Å². The summed E-state index contributed by atoms with van der Waals surface area (Å²) < 4.78 is 5.12. The lowest BCUT2D eigenvalue weighted by Gasteiger charge is -2.12. The molecule has 3 rings (SSSR count). The Bertz CT molecular complexity index is 858. The van der Waals surface area contributed by atoms with Gasteiger partial charge in [0, 0.05) is 12.1 Å². The number of aromatic nitrogens is 1. The molecule has 2 heterocycles. The van der Waals surface area contributed by atoms with E-state index in [0.717, 1.165) is 11.3 Å². The van der Waals surface area contributed by atoms with E-state index in [9.17, 15) is 9.59 Å². The number of ether oxygens (including phenoxy) is 1. The van der Waals surface area contributed by atoms with Crippen molar-refractivity contribution in [3.63, 3.8) is 0 Å². The van der Waals surface area contributed by atoms with Gasteiger partial charge in [-0.25, -0.2) is 14.8 Å². The maximum absolute atomic E-state index is 12.3. The molecule has 1 aliphatic rings. The summed E-state index contributed by atoms with van der Waals surface area (Å²) in [6.45, 7) is 3.60. The molecule has 0 spiro atoms. The first kappa shape index (κ1) is 18.1. The zero-order chi connectivity index (χ0) is 18.7. The average Bonchev–Trinajstić information content (AvgIpc) is 3.10. The lowest BCUT2D eigenvalue weighted by molar-refractivity contribution is -0.134. The number of rotatable bonds is 4. The van der Waals surface area contributed by atoms with Crippen LogP contribution in [0.1, 0.15) is 33.6 Å². The van der Waals surface area contributed by atoms with Crippen molar-refractivity contribution < 1.29 is 14.3 Å². The summed E-state index contributed by atoms with van der Waals surface area (Å²) in [5.41, 5.74) is 3.37. The molecule has 1 aromatic carbocycles. The molecule has 1 aliphatic heterocycles. The van der Waals surface area contributed by atoms with Gasteiger partial charge in [-0.05, 0) is 31.0 Å². The van der Waals surface area contributed by atoms with E-state index >= 15 is 0 Å². The van der Waals surface area contributed by atoms with Crippen molar-refractivity contribution in [2.24, 2.45) is 5.10 Å². The van der Waals surface area contributed by atoms with Crippen LogP contribution < -0.4 is 0 Å². The van der Waals surface area contributed by atoms with Crippen LogP contribution in [0.4, 0.5) is 0 Å². The fraction of sp³-hybridized carbons (Fsp3) is 0.263. The molecule has 0 N–H and O–H groups in total. The minimum absolute atomic E-state index is 0.0745. The van der Waals surface area contributed by atoms with Crippen LogP contribution in [0.3, 0.4) is 0 Å². The van der Waals surface area contributed by atoms with Gasteiger partial charge in [0.25, 0.3) is 5.91 Å². The second-order valence-corrected chi connectivity index (χ2v) is 6.36. The normalized spacial score (nSPS) is 13.5. The van der Waals surface area contributed by atoms with E-state index in [1.807, 2.05) is 30.3 Å². The van der Waals surface area contributed by atoms with Crippen molar-refractivity contribution in [2.45, 2.75) is 20.3 Å². The van der Waals surface area contributed by atoms with E-state index in [4.69, 9.17) is 16.3 Å². The zero-order valence-electron chi connectivity index (χ0n) is 14.5. The number of hydrogen-bond donors (Lipinski definition) is 0. The number of halogens is 1. The van der Waals surface area contributed by atoms with Crippen LogP contribution in [0.25, 0.3) is 0 Å². The Morgan fingerprint density at radius 3 is 2.65 bits per heavy atom. The Labute approximate surface area is 156 Å². The number of amides is 1. The lowest BCUT2D eigenvalue weighted by Crippen LogP contribution is -2.29. The smallest absolute Gasteiger partial charge is 0.342 e. The maximum atomic E-state index is 12.3. The van der Waals surface area contributed by atoms with E-state index in [-0.39, 0.29) is 16.6 Å². The first-order valence-corrected chi connectivity index (χ1v) is 8.57. The number of hydrogen-bond acceptors (Lipinski definition) is 5. The second-order valence-electron chi connectivity index (χ2n) is 6.00. The van der Waals surface area contributed by atoms with Crippen molar-refractivity contribution in [2.75, 3.05) is 13.2 Å². The molecule has 7 heteroatoms. The van der Waals surface area contributed by atoms with Crippen molar-refractivity contribution >= 4 is 29.2 Å². The molecular weight excluding hydrogens is 354 g/mol. The zero-order valence-corrected chi connectivity index (χ0v) is 15.3. The second kappa shape index (κ2) is 7.66. The number of esters is 1. The van der Waals surface area contributed by atoms with Gasteiger partial charge in [0.15, 0.2) is 6.61 Å². The Kier molecular flexibility index (Phi) is 5.32. The lowest BCUT2D eigenvalue weighted by atomic mass is 10.1. The molecule has 0 radical (unpaired) electrons. The number of nitrogens with zero attached hydrogens (tertiary/aromatic N) is 3. The molecule has 1 amide bonds. The van der Waals surface area contributed by atoms with Crippen molar-refractivity contribution in [3.8, 4) is 0 Å². The van der Waals surface area contributed by atoms with Gasteiger partial charge in [0.05, 0.1) is 17.8 Å². The molecule has 0 saturated carbocycles. The molecule has 0 fully saturated rings. The Morgan fingerprint density at radius 2 is 1.96 bits per heavy atom. The number of hydrazone groups is 1. The third-order valence-corrected chi connectivity index (χ3v) is 4.30. The number of carbonyl (C=O) groups excluding carboxylic acids is 2. The molecule has 26 heavy (non-hydrogen) atoms. The van der Waals surface area contributed by atoms with E-state index in [0.29, 0.717) is 24.2 Å². The quantitative estimate of drug-likeness (QED) is 0.611. The summed E-state index contributed by atoms with van der Waals surface area (Å²) >= 11 is 6.03. The van der Waals surface area contributed by atoms with Crippen LogP contribution >= 0.6 is 11.6 Å². The van der Waals surface area contributed by atoms with Gasteiger partial charge in [-0.2, -0.15) is 5.10 Å². The Hall–Kier alpha value is -2.73. The summed E-state index contributed by atoms with van der Waals surface area (Å²) in [7, 11) is 0. The minimum atomic E-state index is -0.667. The van der Waals surface area contributed by atoms with Gasteiger partial charge in [-0.3, -0.25) is 4.79 Å². The summed E-state index contributed by atoms with van der Waals surface area (Å²) in [4.78, 5) is 28.6. The first-order valence-electron chi connectivity index (χ1n) is 8.20. The molecule has 0 saturated heterocycles. The average molecular weight is 372 g/mol. The van der Waals surface area contributed by atoms with Crippen molar-refractivity contribution in [1.82, 2.24) is 9.99 Å². The monoisotopic (exact) mass is 371 g/mol. The SMILES string of the molecule is Cc1cc(C)c(C(=O)OCC(=O)N2CCC(c3ccccc3)=N2)c(Cl)n1. The molecule has 2 aromatic rings. The number of aryl methyl sites for hydroxylation is 2. The highest BCUT2D eigenvalue weighted by Crippen LogP contribution is 2.20. The number of carbonyl (C=O) groups is 2. The van der Waals surface area contributed by atoms with Gasteiger partial charge >= 0.3 is 5.97 Å². The van der Waals surface area contributed by atoms with Crippen LogP contribution in [0.5, 0.6) is 0 Å². The molecule has 1 aromatic heterocycles. The largest absolute Gasteiger partial charge is 0.452 e. The molecule has 0 unspecified atom stereocenters. The highest BCUT2D eigenvalue weighted by atomic mass is 35.5. The summed E-state index contributed by atoms with van der Waals surface area (Å²) in [6.07, 6.45) is 0.663. The summed E-state index contributed by atoms with van der Waals surface area (Å²) in [5.74, 6) is -1.04. The predicted octanol–water partition coefficient (Wildman–Crippen LogP) is 3.15. The third-order valence-electron chi connectivity index (χ3n) is 4.03. The topological polar surface area (TPSA) is 71.9 Å². The molecule has 0 aliphatic carbocycles. The van der Waals surface area contributed by atoms with Crippen molar-refractivity contribution in [1.29, 1.82) is 0 Å². The summed E-state index contributed by atoms with van der Waals surface area (Å²) in [6, 6.07) is 11.4. The fourth-order valence-electron chi connectivity index (χ4n) is 2.78. The highest BCUT2D eigenvalue weighted by molar-refractivity contribution is 6.32. The van der Waals surface area contributed by atoms with Crippen LogP contribution in [0, 0.1) is 13.8 Å². The van der Waals surface area contributed by atoms with E-state index in [2.05, 4.69) is 10.1 Å². The molecule has 6 nitrogen and oxygen atoms in total. The van der Waals surface area contributed by atoms with Crippen LogP contribution in [0.2, 0.25) is 5.15 Å². The standard InChI is InChI=1S/C19H18ClN3O3/c1-12-10-13(2)21-18(20)17(12)19(25)26-11-16(24)23-9-8-15(22-23)14-6-4-3-5-7-14/h3-7,10H,8-9,11H2,1-2H3. The molecule has 0 bridgehead atoms. The van der Waals surface area contributed by atoms with Gasteiger partial charge in [0.1, 0.15) is 5.15 Å². The van der Waals surface area contributed by atoms with E-state index < -0.39 is 12.6 Å². The van der Waals surface area contributed by atoms with Crippen molar-refractivity contribution in [3.05, 3.63) is 63.9 Å². The number of benzene rings is 1. The summed E-state index contributed by atoms with van der Waals surface area (Å²) in [5, 5.41) is 5.73. The first-order chi connectivity index (χ1) is 12.5. The minimum Gasteiger partial charge on any atom is -0.452 e. The molecule has 134 valence electrons. The van der Waals surface area contributed by atoms with Gasteiger partial charge in [-0.1, -0.05) is 41.9 Å². The van der Waals surface area contributed by atoms with E-state index in [1.165, 1.54) is 5.01 Å². The fourth-order valence-corrected chi connectivity index (χ4v) is 3.14. The predicted molar refractivity (Wildman–Crippen MR) is 98.3 cm³/mol. The van der Waals surface area contributed by atoms with Gasteiger partial charge in [-0.15, -0.1) is 0 Å². The molecular formula is C19H18ClN3O3. The number of pyridine rings is 1. The Morgan fingerprint density at radius 1 is 1.23 bits per heavy atom. The van der Waals surface area contributed by atoms with Crippen LogP contribution in [-0.2, 0) is 9.53 Å².